The zero-order valence-corrected chi connectivity index (χ0v) is 19.9. The summed E-state index contributed by atoms with van der Waals surface area (Å²) >= 11 is 0. The Morgan fingerprint density at radius 2 is 1.66 bits per heavy atom. The Morgan fingerprint density at radius 1 is 0.971 bits per heavy atom. The van der Waals surface area contributed by atoms with Gasteiger partial charge in [0, 0.05) is 6.54 Å². The summed E-state index contributed by atoms with van der Waals surface area (Å²) in [5, 5.41) is 2.50. The largest absolute Gasteiger partial charge is 0.467 e. The van der Waals surface area contributed by atoms with Gasteiger partial charge >= 0.3 is 11.9 Å². The zero-order valence-electron chi connectivity index (χ0n) is 19.9. The molecule has 9 heteroatoms. The van der Waals surface area contributed by atoms with E-state index in [1.165, 1.54) is 25.3 Å². The van der Waals surface area contributed by atoms with Crippen molar-refractivity contribution in [3.63, 3.8) is 0 Å². The van der Waals surface area contributed by atoms with Gasteiger partial charge in [0.2, 0.25) is 0 Å². The molecular weight excluding hydrogens is 452 g/mol. The van der Waals surface area contributed by atoms with Crippen LogP contribution in [0.3, 0.4) is 0 Å². The van der Waals surface area contributed by atoms with Gasteiger partial charge in [0.15, 0.2) is 6.61 Å². The van der Waals surface area contributed by atoms with Crippen LogP contribution in [-0.2, 0) is 25.5 Å². The molecule has 0 saturated heterocycles. The van der Waals surface area contributed by atoms with Gasteiger partial charge in [-0.2, -0.15) is 0 Å². The number of esters is 2. The van der Waals surface area contributed by atoms with E-state index in [1.54, 1.807) is 0 Å². The first kappa shape index (κ1) is 25.6. The normalized spacial score (nSPS) is 13.4. The molecule has 3 rings (SSSR count). The molecule has 9 nitrogen and oxygen atoms in total. The minimum atomic E-state index is -0.850. The van der Waals surface area contributed by atoms with Crippen LogP contribution in [0, 0.1) is 5.92 Å². The Hall–Kier alpha value is -4.01. The summed E-state index contributed by atoms with van der Waals surface area (Å²) in [5.74, 6) is -2.85. The minimum absolute atomic E-state index is 0.0364. The van der Waals surface area contributed by atoms with Crippen LogP contribution in [0.15, 0.2) is 48.5 Å². The number of ether oxygens (including phenoxy) is 2. The topological polar surface area (TPSA) is 119 Å². The molecule has 1 unspecified atom stereocenters. The number of nitrogens with zero attached hydrogens (tertiary/aromatic N) is 1. The number of methoxy groups -OCH3 is 1. The summed E-state index contributed by atoms with van der Waals surface area (Å²) in [5.41, 5.74) is 1.36. The van der Waals surface area contributed by atoms with Gasteiger partial charge < -0.3 is 14.8 Å². The number of imide groups is 1. The Bertz CT molecular complexity index is 1130. The standard InChI is InChI=1S/C26H28N2O7/c1-16(2)13-21(26(33)34-3)27-22(29)15-35-25(32)18-9-10-19-20(14-18)24(31)28(23(19)30)12-11-17-7-5-4-6-8-17/h4-10,14,16,21H,11-13,15H2,1-3H3,(H,27,29). The highest BCUT2D eigenvalue weighted by molar-refractivity contribution is 6.22. The lowest BCUT2D eigenvalue weighted by Crippen LogP contribution is -2.44. The second kappa shape index (κ2) is 11.4. The van der Waals surface area contributed by atoms with E-state index in [-0.39, 0.29) is 29.2 Å². The maximum Gasteiger partial charge on any atom is 0.338 e. The van der Waals surface area contributed by atoms with E-state index < -0.39 is 42.3 Å². The summed E-state index contributed by atoms with van der Waals surface area (Å²) in [6, 6.07) is 12.7. The summed E-state index contributed by atoms with van der Waals surface area (Å²) < 4.78 is 9.75. The molecule has 35 heavy (non-hydrogen) atoms. The molecule has 1 heterocycles. The van der Waals surface area contributed by atoms with E-state index in [0.717, 1.165) is 10.5 Å². The van der Waals surface area contributed by atoms with E-state index >= 15 is 0 Å². The molecular formula is C26H28N2O7. The lowest BCUT2D eigenvalue weighted by atomic mass is 10.0. The molecule has 184 valence electrons. The number of carbonyl (C=O) groups excluding carboxylic acids is 5. The predicted octanol–water partition coefficient (Wildman–Crippen LogP) is 2.39. The van der Waals surface area contributed by atoms with Gasteiger partial charge in [-0.25, -0.2) is 9.59 Å². The van der Waals surface area contributed by atoms with Crippen molar-refractivity contribution in [2.75, 3.05) is 20.3 Å². The molecule has 1 aliphatic heterocycles. The van der Waals surface area contributed by atoms with Gasteiger partial charge in [-0.05, 0) is 42.5 Å². The number of carbonyl (C=O) groups is 5. The summed E-state index contributed by atoms with van der Waals surface area (Å²) in [6.07, 6.45) is 0.883. The Labute approximate surface area is 203 Å². The Morgan fingerprint density at radius 3 is 2.31 bits per heavy atom. The second-order valence-corrected chi connectivity index (χ2v) is 8.61. The van der Waals surface area contributed by atoms with Crippen molar-refractivity contribution in [1.29, 1.82) is 0 Å². The number of benzene rings is 2. The van der Waals surface area contributed by atoms with E-state index in [0.29, 0.717) is 12.8 Å². The van der Waals surface area contributed by atoms with Crippen molar-refractivity contribution < 1.29 is 33.4 Å². The summed E-state index contributed by atoms with van der Waals surface area (Å²) in [6.45, 7) is 3.39. The number of hydrogen-bond donors (Lipinski definition) is 1. The number of fused-ring (bicyclic) bond motifs is 1. The molecule has 0 radical (unpaired) electrons. The van der Waals surface area contributed by atoms with Crippen molar-refractivity contribution in [2.24, 2.45) is 5.92 Å². The fraction of sp³-hybridized carbons (Fsp3) is 0.346. The monoisotopic (exact) mass is 480 g/mol. The molecule has 2 aromatic carbocycles. The smallest absolute Gasteiger partial charge is 0.338 e. The average molecular weight is 481 g/mol. The minimum Gasteiger partial charge on any atom is -0.467 e. The second-order valence-electron chi connectivity index (χ2n) is 8.61. The quantitative estimate of drug-likeness (QED) is 0.410. The third-order valence-corrected chi connectivity index (χ3v) is 5.54. The van der Waals surface area contributed by atoms with E-state index in [1.807, 2.05) is 44.2 Å². The molecule has 0 bridgehead atoms. The van der Waals surface area contributed by atoms with Crippen LogP contribution < -0.4 is 5.32 Å². The first-order valence-electron chi connectivity index (χ1n) is 11.3. The Kier molecular flexibility index (Phi) is 8.35. The first-order valence-corrected chi connectivity index (χ1v) is 11.3. The maximum absolute atomic E-state index is 12.8. The highest BCUT2D eigenvalue weighted by Crippen LogP contribution is 2.24. The molecule has 0 aliphatic carbocycles. The first-order chi connectivity index (χ1) is 16.7. The number of rotatable bonds is 10. The SMILES string of the molecule is COC(=O)C(CC(C)C)NC(=O)COC(=O)c1ccc2c(c1)C(=O)N(CCc1ccccc1)C2=O. The lowest BCUT2D eigenvalue weighted by Gasteiger charge is -2.18. The molecule has 1 aliphatic rings. The molecule has 1 atom stereocenters. The van der Waals surface area contributed by atoms with Gasteiger partial charge in [-0.3, -0.25) is 19.3 Å². The van der Waals surface area contributed by atoms with Crippen molar-refractivity contribution in [1.82, 2.24) is 10.2 Å². The van der Waals surface area contributed by atoms with Gasteiger partial charge in [-0.1, -0.05) is 44.2 Å². The predicted molar refractivity (Wildman–Crippen MR) is 126 cm³/mol. The third kappa shape index (κ3) is 6.32. The van der Waals surface area contributed by atoms with Gasteiger partial charge in [0.1, 0.15) is 6.04 Å². The zero-order chi connectivity index (χ0) is 25.5. The van der Waals surface area contributed by atoms with Crippen molar-refractivity contribution in [2.45, 2.75) is 32.7 Å². The van der Waals surface area contributed by atoms with Crippen LogP contribution in [0.1, 0.15) is 56.9 Å². The van der Waals surface area contributed by atoms with Crippen LogP contribution in [0.5, 0.6) is 0 Å². The fourth-order valence-corrected chi connectivity index (χ4v) is 3.78. The molecule has 3 amide bonds. The van der Waals surface area contributed by atoms with Crippen LogP contribution >= 0.6 is 0 Å². The van der Waals surface area contributed by atoms with E-state index in [9.17, 15) is 24.0 Å². The number of amides is 3. The van der Waals surface area contributed by atoms with Gasteiger partial charge in [0.25, 0.3) is 17.7 Å². The molecule has 1 N–H and O–H groups in total. The highest BCUT2D eigenvalue weighted by Gasteiger charge is 2.36. The molecule has 2 aromatic rings. The number of nitrogens with one attached hydrogen (secondary N) is 1. The van der Waals surface area contributed by atoms with Gasteiger partial charge in [-0.15, -0.1) is 0 Å². The van der Waals surface area contributed by atoms with Crippen LogP contribution in [0.2, 0.25) is 0 Å². The summed E-state index contributed by atoms with van der Waals surface area (Å²) in [4.78, 5) is 63.2. The Balaban J connectivity index is 1.60. The molecule has 0 aromatic heterocycles. The third-order valence-electron chi connectivity index (χ3n) is 5.54. The van der Waals surface area contributed by atoms with Crippen molar-refractivity contribution >= 4 is 29.7 Å². The van der Waals surface area contributed by atoms with Gasteiger partial charge in [0.05, 0.1) is 23.8 Å². The molecule has 0 saturated carbocycles. The number of hydrogen-bond acceptors (Lipinski definition) is 7. The van der Waals surface area contributed by atoms with Crippen molar-refractivity contribution in [3.8, 4) is 0 Å². The van der Waals surface area contributed by atoms with E-state index in [2.05, 4.69) is 5.32 Å². The van der Waals surface area contributed by atoms with Crippen molar-refractivity contribution in [3.05, 3.63) is 70.8 Å². The summed E-state index contributed by atoms with van der Waals surface area (Å²) in [7, 11) is 1.23. The van der Waals surface area contributed by atoms with E-state index in [4.69, 9.17) is 9.47 Å². The molecule has 0 spiro atoms. The highest BCUT2D eigenvalue weighted by atomic mass is 16.5. The maximum atomic E-state index is 12.8. The lowest BCUT2D eigenvalue weighted by molar-refractivity contribution is -0.145. The van der Waals surface area contributed by atoms with Crippen LogP contribution in [0.25, 0.3) is 0 Å². The fourth-order valence-electron chi connectivity index (χ4n) is 3.78. The molecule has 0 fully saturated rings. The average Bonchev–Trinajstić information content (AvgIpc) is 3.09. The van der Waals surface area contributed by atoms with Crippen LogP contribution in [0.4, 0.5) is 0 Å². The van der Waals surface area contributed by atoms with Crippen LogP contribution in [-0.4, -0.2) is 60.9 Å².